The molecule has 0 unspecified atom stereocenters. The van der Waals surface area contributed by atoms with Crippen LogP contribution in [0.5, 0.6) is 0 Å². The number of benzene rings is 2. The molecule has 0 aliphatic heterocycles. The Morgan fingerprint density at radius 1 is 0.944 bits per heavy atom. The topological polar surface area (TPSA) is 17.1 Å². The Bertz CT molecular complexity index is 762. The molecule has 0 saturated carbocycles. The van der Waals surface area contributed by atoms with Gasteiger partial charge in [-0.05, 0) is 0 Å². The molecule has 0 radical (unpaired) electrons. The van der Waals surface area contributed by atoms with E-state index in [0.29, 0.717) is 5.39 Å². The van der Waals surface area contributed by atoms with Crippen molar-refractivity contribution in [2.24, 2.45) is 0 Å². The Morgan fingerprint density at radius 2 is 1.72 bits per heavy atom. The molecule has 2 aromatic carbocycles. The average Bonchev–Trinajstić information content (AvgIpc) is 2.39. The summed E-state index contributed by atoms with van der Waals surface area (Å²) in [6.45, 7) is 0. The van der Waals surface area contributed by atoms with E-state index in [9.17, 15) is 9.18 Å². The first-order valence-electron chi connectivity index (χ1n) is 5.53. The van der Waals surface area contributed by atoms with Gasteiger partial charge in [-0.1, -0.05) is 0 Å². The van der Waals surface area contributed by atoms with Gasteiger partial charge in [-0.3, -0.25) is 0 Å². The van der Waals surface area contributed by atoms with E-state index in [1.807, 2.05) is 30.3 Å². The monoisotopic (exact) mass is 354 g/mol. The summed E-state index contributed by atoms with van der Waals surface area (Å²) in [5, 5.41) is 0.665. The summed E-state index contributed by atoms with van der Waals surface area (Å²) in [6, 6.07) is 16.0. The fourth-order valence-electron chi connectivity index (χ4n) is 1.87. The second-order valence-electron chi connectivity index (χ2n) is 3.98. The van der Waals surface area contributed by atoms with Crippen molar-refractivity contribution < 1.29 is 4.39 Å². The maximum absolute atomic E-state index is 13.2. The SMILES string of the molecule is O=c1cc(-c2ccccc2)[te]c2cc(F)ccc12. The van der Waals surface area contributed by atoms with Crippen LogP contribution in [0.1, 0.15) is 0 Å². The Morgan fingerprint density at radius 3 is 2.50 bits per heavy atom. The third-order valence-corrected chi connectivity index (χ3v) is 5.98. The van der Waals surface area contributed by atoms with Gasteiger partial charge in [0.2, 0.25) is 0 Å². The number of halogens is 1. The molecule has 1 aromatic heterocycles. The predicted molar refractivity (Wildman–Crippen MR) is 72.6 cm³/mol. The molecule has 3 aromatic rings. The Hall–Kier alpha value is -1.43. The Kier molecular flexibility index (Phi) is 3.03. The van der Waals surface area contributed by atoms with Gasteiger partial charge in [0.1, 0.15) is 0 Å². The van der Waals surface area contributed by atoms with E-state index in [1.165, 1.54) is 12.1 Å². The van der Waals surface area contributed by atoms with Gasteiger partial charge in [-0.25, -0.2) is 0 Å². The van der Waals surface area contributed by atoms with Gasteiger partial charge in [0.15, 0.2) is 0 Å². The second kappa shape index (κ2) is 4.68. The van der Waals surface area contributed by atoms with Gasteiger partial charge in [-0.15, -0.1) is 0 Å². The van der Waals surface area contributed by atoms with Crippen LogP contribution in [0.4, 0.5) is 4.39 Å². The fourth-order valence-corrected chi connectivity index (χ4v) is 5.03. The van der Waals surface area contributed by atoms with E-state index in [4.69, 9.17) is 0 Å². The average molecular weight is 352 g/mol. The summed E-state index contributed by atoms with van der Waals surface area (Å²) in [5.74, 6) is -0.263. The van der Waals surface area contributed by atoms with Crippen molar-refractivity contribution in [3.63, 3.8) is 0 Å². The summed E-state index contributed by atoms with van der Waals surface area (Å²) in [7, 11) is 0. The molecule has 0 aliphatic carbocycles. The minimum absolute atomic E-state index is 0.0137. The van der Waals surface area contributed by atoms with Gasteiger partial charge in [0.25, 0.3) is 0 Å². The zero-order chi connectivity index (χ0) is 12.5. The molecule has 0 bridgehead atoms. The van der Waals surface area contributed by atoms with Crippen LogP contribution in [0, 0.1) is 5.82 Å². The second-order valence-corrected chi connectivity index (χ2v) is 7.07. The van der Waals surface area contributed by atoms with Crippen molar-refractivity contribution in [1.82, 2.24) is 0 Å². The molecule has 0 amide bonds. The molecular weight excluding hydrogens is 343 g/mol. The first kappa shape index (κ1) is 11.6. The molecule has 1 nitrogen and oxygen atoms in total. The molecule has 0 fully saturated rings. The van der Waals surface area contributed by atoms with Crippen molar-refractivity contribution >= 4 is 29.2 Å². The third kappa shape index (κ3) is 2.12. The van der Waals surface area contributed by atoms with Crippen LogP contribution < -0.4 is 5.43 Å². The molecule has 0 aliphatic rings. The van der Waals surface area contributed by atoms with Gasteiger partial charge in [0, 0.05) is 0 Å². The predicted octanol–water partition coefficient (Wildman–Crippen LogP) is 3.06. The van der Waals surface area contributed by atoms with E-state index in [1.54, 1.807) is 12.1 Å². The Labute approximate surface area is 113 Å². The van der Waals surface area contributed by atoms with Crippen LogP contribution in [0.3, 0.4) is 0 Å². The molecule has 0 atom stereocenters. The van der Waals surface area contributed by atoms with E-state index in [-0.39, 0.29) is 11.2 Å². The van der Waals surface area contributed by atoms with Crippen LogP contribution in [0.15, 0.2) is 59.4 Å². The van der Waals surface area contributed by atoms with Crippen molar-refractivity contribution in [1.29, 1.82) is 0 Å². The zero-order valence-electron chi connectivity index (χ0n) is 9.39. The zero-order valence-corrected chi connectivity index (χ0v) is 11.7. The summed E-state index contributed by atoms with van der Waals surface area (Å²) in [5.41, 5.74) is 1.06. The molecule has 1 heterocycles. The molecule has 0 spiro atoms. The molecule has 88 valence electrons. The van der Waals surface area contributed by atoms with E-state index >= 15 is 0 Å². The van der Waals surface area contributed by atoms with Gasteiger partial charge in [0.05, 0.1) is 0 Å². The maximum atomic E-state index is 13.2. The van der Waals surface area contributed by atoms with Crippen LogP contribution in [-0.4, -0.2) is 20.4 Å². The van der Waals surface area contributed by atoms with Crippen LogP contribution in [0.25, 0.3) is 17.9 Å². The summed E-state index contributed by atoms with van der Waals surface area (Å²) in [6.07, 6.45) is 0. The fraction of sp³-hybridized carbons (Fsp3) is 0. The number of hydrogen-bond donors (Lipinski definition) is 0. The van der Waals surface area contributed by atoms with Crippen LogP contribution >= 0.6 is 0 Å². The van der Waals surface area contributed by atoms with Crippen molar-refractivity contribution in [3.8, 4) is 9.14 Å². The van der Waals surface area contributed by atoms with Crippen molar-refractivity contribution in [2.45, 2.75) is 0 Å². The summed E-state index contributed by atoms with van der Waals surface area (Å²) >= 11 is -0.692. The Balaban J connectivity index is 2.30. The number of hydrogen-bond acceptors (Lipinski definition) is 1. The van der Waals surface area contributed by atoms with Crippen LogP contribution in [-0.2, 0) is 0 Å². The van der Waals surface area contributed by atoms with E-state index < -0.39 is 20.4 Å². The number of fused-ring (bicyclic) bond motifs is 1. The first-order chi connectivity index (χ1) is 8.74. The van der Waals surface area contributed by atoms with Gasteiger partial charge in [-0.2, -0.15) is 0 Å². The standard InChI is InChI=1S/C15H9FOTe/c16-11-6-7-12-13(17)9-14(18-15(12)8-11)10-4-2-1-3-5-10/h1-9H. The molecule has 0 N–H and O–H groups in total. The quantitative estimate of drug-likeness (QED) is 0.616. The van der Waals surface area contributed by atoms with Crippen molar-refractivity contribution in [2.75, 3.05) is 0 Å². The molecular formula is C15H9FOTe. The number of rotatable bonds is 1. The molecule has 3 rings (SSSR count). The molecule has 3 heteroatoms. The van der Waals surface area contributed by atoms with Gasteiger partial charge < -0.3 is 0 Å². The molecule has 0 saturated heterocycles. The van der Waals surface area contributed by atoms with Gasteiger partial charge >= 0.3 is 113 Å². The summed E-state index contributed by atoms with van der Waals surface area (Å²) < 4.78 is 15.2. The van der Waals surface area contributed by atoms with E-state index in [2.05, 4.69) is 0 Å². The van der Waals surface area contributed by atoms with E-state index in [0.717, 1.165) is 12.5 Å². The first-order valence-corrected chi connectivity index (χ1v) is 7.86. The summed E-state index contributed by atoms with van der Waals surface area (Å²) in [4.78, 5) is 12.0. The third-order valence-electron chi connectivity index (χ3n) is 2.75. The van der Waals surface area contributed by atoms with Crippen molar-refractivity contribution in [3.05, 3.63) is 70.6 Å². The molecule has 18 heavy (non-hydrogen) atoms. The van der Waals surface area contributed by atoms with Crippen LogP contribution in [0.2, 0.25) is 0 Å². The minimum atomic E-state index is -0.692. The normalized spacial score (nSPS) is 10.7.